The Hall–Kier alpha value is -0.360. The number of carbonyl (C=O) groups is 1. The van der Waals surface area contributed by atoms with Crippen LogP contribution < -0.4 is 11.1 Å². The van der Waals surface area contributed by atoms with E-state index in [2.05, 4.69) is 10.2 Å². The van der Waals surface area contributed by atoms with Crippen molar-refractivity contribution in [3.05, 3.63) is 0 Å². The van der Waals surface area contributed by atoms with Crippen molar-refractivity contribution in [2.24, 2.45) is 11.7 Å². The molecule has 3 N–H and O–H groups in total. The Morgan fingerprint density at radius 3 is 2.39 bits per heavy atom. The van der Waals surface area contributed by atoms with Crippen molar-refractivity contribution in [2.75, 3.05) is 32.8 Å². The normalized spacial score (nSPS) is 20.1. The van der Waals surface area contributed by atoms with Crippen LogP contribution in [0.2, 0.25) is 0 Å². The van der Waals surface area contributed by atoms with Gasteiger partial charge in [-0.15, -0.1) is 12.4 Å². The molecule has 0 aromatic heterocycles. The highest BCUT2D eigenvalue weighted by molar-refractivity contribution is 5.85. The van der Waals surface area contributed by atoms with Crippen LogP contribution in [0.5, 0.6) is 0 Å². The predicted octanol–water partition coefficient (Wildman–Crippen LogP) is 0.228. The minimum absolute atomic E-state index is 0. The number of ether oxygens (including phenoxy) is 1. The summed E-state index contributed by atoms with van der Waals surface area (Å²) in [4.78, 5) is 14.1. The largest absolute Gasteiger partial charge is 0.379 e. The summed E-state index contributed by atoms with van der Waals surface area (Å²) < 4.78 is 5.28. The van der Waals surface area contributed by atoms with Gasteiger partial charge in [-0.25, -0.2) is 0 Å². The molecule has 5 nitrogen and oxygen atoms in total. The quantitative estimate of drug-likeness (QED) is 0.756. The summed E-state index contributed by atoms with van der Waals surface area (Å²) in [5.41, 5.74) is 5.80. The fourth-order valence-corrected chi connectivity index (χ4v) is 1.86. The molecule has 1 saturated heterocycles. The zero-order valence-electron chi connectivity index (χ0n) is 11.5. The Morgan fingerprint density at radius 1 is 1.33 bits per heavy atom. The van der Waals surface area contributed by atoms with Crippen LogP contribution in [0.25, 0.3) is 0 Å². The van der Waals surface area contributed by atoms with E-state index in [0.29, 0.717) is 0 Å². The van der Waals surface area contributed by atoms with E-state index in [4.69, 9.17) is 10.5 Å². The van der Waals surface area contributed by atoms with Gasteiger partial charge in [-0.3, -0.25) is 9.69 Å². The maximum atomic E-state index is 11.8. The molecule has 0 aromatic carbocycles. The van der Waals surface area contributed by atoms with Gasteiger partial charge in [0.15, 0.2) is 0 Å². The van der Waals surface area contributed by atoms with Gasteiger partial charge < -0.3 is 15.8 Å². The van der Waals surface area contributed by atoms with Crippen molar-refractivity contribution in [3.63, 3.8) is 0 Å². The van der Waals surface area contributed by atoms with Crippen LogP contribution in [0.3, 0.4) is 0 Å². The summed E-state index contributed by atoms with van der Waals surface area (Å²) in [5, 5.41) is 2.96. The Labute approximate surface area is 116 Å². The van der Waals surface area contributed by atoms with Gasteiger partial charge in [0.2, 0.25) is 5.91 Å². The Morgan fingerprint density at radius 2 is 1.89 bits per heavy atom. The second-order valence-corrected chi connectivity index (χ2v) is 5.09. The van der Waals surface area contributed by atoms with Crippen molar-refractivity contribution in [2.45, 2.75) is 32.9 Å². The van der Waals surface area contributed by atoms with E-state index in [-0.39, 0.29) is 30.3 Å². The van der Waals surface area contributed by atoms with Gasteiger partial charge in [-0.2, -0.15) is 0 Å². The third-order valence-corrected chi connectivity index (χ3v) is 3.05. The van der Waals surface area contributed by atoms with Crippen molar-refractivity contribution >= 4 is 18.3 Å². The average molecular weight is 280 g/mol. The molecule has 18 heavy (non-hydrogen) atoms. The van der Waals surface area contributed by atoms with E-state index < -0.39 is 6.04 Å². The number of halogens is 1. The monoisotopic (exact) mass is 279 g/mol. The van der Waals surface area contributed by atoms with Crippen LogP contribution in [0.15, 0.2) is 0 Å². The highest BCUT2D eigenvalue weighted by Crippen LogP contribution is 2.01. The third-order valence-electron chi connectivity index (χ3n) is 3.05. The molecule has 1 fully saturated rings. The van der Waals surface area contributed by atoms with Crippen molar-refractivity contribution < 1.29 is 9.53 Å². The highest BCUT2D eigenvalue weighted by Gasteiger charge is 2.20. The van der Waals surface area contributed by atoms with E-state index in [1.165, 1.54) is 0 Å². The van der Waals surface area contributed by atoms with Crippen LogP contribution in [-0.4, -0.2) is 55.7 Å². The van der Waals surface area contributed by atoms with Crippen molar-refractivity contribution in [1.29, 1.82) is 0 Å². The number of morpholine rings is 1. The first-order valence-corrected chi connectivity index (χ1v) is 6.36. The number of nitrogens with zero attached hydrogens (tertiary/aromatic N) is 1. The molecule has 0 saturated carbocycles. The number of hydrogen-bond donors (Lipinski definition) is 2. The molecule has 0 aliphatic carbocycles. The first-order chi connectivity index (χ1) is 8.00. The zero-order valence-corrected chi connectivity index (χ0v) is 12.3. The van der Waals surface area contributed by atoms with E-state index in [1.54, 1.807) is 0 Å². The maximum absolute atomic E-state index is 11.8. The van der Waals surface area contributed by atoms with E-state index in [1.807, 2.05) is 20.8 Å². The molecule has 1 aliphatic rings. The molecule has 0 spiro atoms. The van der Waals surface area contributed by atoms with Crippen LogP contribution in [-0.2, 0) is 9.53 Å². The lowest BCUT2D eigenvalue weighted by molar-refractivity contribution is -0.124. The fraction of sp³-hybridized carbons (Fsp3) is 0.917. The molecule has 2 atom stereocenters. The summed E-state index contributed by atoms with van der Waals surface area (Å²) in [6.45, 7) is 10.2. The summed E-state index contributed by atoms with van der Waals surface area (Å²) in [6, 6.07) is -0.285. The topological polar surface area (TPSA) is 67.6 Å². The summed E-state index contributed by atoms with van der Waals surface area (Å²) in [7, 11) is 0. The number of hydrogen-bond acceptors (Lipinski definition) is 4. The summed E-state index contributed by atoms with van der Waals surface area (Å²) in [6.07, 6.45) is 0. The van der Waals surface area contributed by atoms with Crippen molar-refractivity contribution in [1.82, 2.24) is 10.2 Å². The van der Waals surface area contributed by atoms with Crippen LogP contribution in [0.1, 0.15) is 20.8 Å². The smallest absolute Gasteiger partial charge is 0.237 e. The maximum Gasteiger partial charge on any atom is 0.237 e. The number of amides is 1. The molecule has 0 bridgehead atoms. The fourth-order valence-electron chi connectivity index (χ4n) is 1.86. The Balaban J connectivity index is 0.00000289. The Bertz CT molecular complexity index is 245. The molecule has 1 unspecified atom stereocenters. The van der Waals surface area contributed by atoms with Crippen molar-refractivity contribution in [3.8, 4) is 0 Å². The van der Waals surface area contributed by atoms with Crippen LogP contribution >= 0.6 is 12.4 Å². The minimum Gasteiger partial charge on any atom is -0.379 e. The second-order valence-electron chi connectivity index (χ2n) is 5.09. The van der Waals surface area contributed by atoms with Gasteiger partial charge in [-0.05, 0) is 12.8 Å². The van der Waals surface area contributed by atoms with Gasteiger partial charge in [0.25, 0.3) is 0 Å². The number of rotatable bonds is 5. The standard InChI is InChI=1S/C12H25N3O2.ClH/c1-9(2)11(13)12(16)14-10(3)8-15-4-6-17-7-5-15;/h9-11H,4-8,13H2,1-3H3,(H,14,16);1H/t10?,11-;/m0./s1. The van der Waals surface area contributed by atoms with E-state index in [9.17, 15) is 4.79 Å². The van der Waals surface area contributed by atoms with Gasteiger partial charge >= 0.3 is 0 Å². The zero-order chi connectivity index (χ0) is 12.8. The molecule has 0 aromatic rings. The van der Waals surface area contributed by atoms with Gasteiger partial charge in [0.05, 0.1) is 19.3 Å². The highest BCUT2D eigenvalue weighted by atomic mass is 35.5. The minimum atomic E-state index is -0.415. The molecular weight excluding hydrogens is 254 g/mol. The molecule has 1 rings (SSSR count). The molecule has 0 radical (unpaired) electrons. The van der Waals surface area contributed by atoms with Crippen LogP contribution in [0, 0.1) is 5.92 Å². The number of nitrogens with two attached hydrogens (primary N) is 1. The molecule has 108 valence electrons. The predicted molar refractivity (Wildman–Crippen MR) is 74.9 cm³/mol. The molecule has 1 aliphatic heterocycles. The molecule has 6 heteroatoms. The lowest BCUT2D eigenvalue weighted by Gasteiger charge is -2.30. The summed E-state index contributed by atoms with van der Waals surface area (Å²) >= 11 is 0. The molecule has 1 amide bonds. The SMILES string of the molecule is CC(CN1CCOCC1)NC(=O)[C@@H](N)C(C)C.Cl. The molecular formula is C12H26ClN3O2. The van der Waals surface area contributed by atoms with Crippen LogP contribution in [0.4, 0.5) is 0 Å². The van der Waals surface area contributed by atoms with E-state index in [0.717, 1.165) is 32.8 Å². The molecule has 1 heterocycles. The average Bonchev–Trinajstić information content (AvgIpc) is 2.28. The van der Waals surface area contributed by atoms with E-state index >= 15 is 0 Å². The lowest BCUT2D eigenvalue weighted by Crippen LogP contribution is -2.51. The lowest BCUT2D eigenvalue weighted by atomic mass is 10.0. The summed E-state index contributed by atoms with van der Waals surface area (Å²) in [5.74, 6) is 0.117. The first kappa shape index (κ1) is 17.6. The van der Waals surface area contributed by atoms with Gasteiger partial charge in [-0.1, -0.05) is 13.8 Å². The number of nitrogens with one attached hydrogen (secondary N) is 1. The second kappa shape index (κ2) is 8.69. The first-order valence-electron chi connectivity index (χ1n) is 6.36. The van der Waals surface area contributed by atoms with Gasteiger partial charge in [0, 0.05) is 25.7 Å². The van der Waals surface area contributed by atoms with Gasteiger partial charge in [0.1, 0.15) is 0 Å². The number of carbonyl (C=O) groups excluding carboxylic acids is 1. The Kier molecular flexibility index (Phi) is 8.52. The third kappa shape index (κ3) is 6.00.